The fourth-order valence-corrected chi connectivity index (χ4v) is 1.51. The third-order valence-corrected chi connectivity index (χ3v) is 2.65. The summed E-state index contributed by atoms with van der Waals surface area (Å²) in [5, 5.41) is 13.8. The summed E-state index contributed by atoms with van der Waals surface area (Å²) in [6.07, 6.45) is 5.43. The number of aryl methyl sites for hydroxylation is 2. The molecule has 0 amide bonds. The summed E-state index contributed by atoms with van der Waals surface area (Å²) < 4.78 is 4.99. The second-order valence-electron chi connectivity index (χ2n) is 4.34. The van der Waals surface area contributed by atoms with Crippen LogP contribution in [-0.4, -0.2) is 22.3 Å². The lowest BCUT2D eigenvalue weighted by Crippen LogP contribution is -2.10. The molecule has 0 bridgehead atoms. The minimum absolute atomic E-state index is 0.0243. The van der Waals surface area contributed by atoms with Gasteiger partial charge in [-0.2, -0.15) is 0 Å². The van der Waals surface area contributed by atoms with Gasteiger partial charge in [-0.25, -0.2) is 0 Å². The number of rotatable bonds is 5. The van der Waals surface area contributed by atoms with Crippen LogP contribution in [0.1, 0.15) is 27.5 Å². The van der Waals surface area contributed by atoms with E-state index in [4.69, 9.17) is 15.7 Å². The first kappa shape index (κ1) is 17.1. The average molecular weight is 301 g/mol. The van der Waals surface area contributed by atoms with Crippen molar-refractivity contribution in [3.05, 3.63) is 59.4 Å². The van der Waals surface area contributed by atoms with Gasteiger partial charge in [-0.15, -0.1) is 0 Å². The van der Waals surface area contributed by atoms with Gasteiger partial charge in [0, 0.05) is 24.5 Å². The van der Waals surface area contributed by atoms with E-state index in [1.807, 2.05) is 13.8 Å². The molecule has 0 unspecified atom stereocenters. The molecular formula is C15H19N5O2. The van der Waals surface area contributed by atoms with E-state index in [0.717, 1.165) is 23.3 Å². The standard InChI is InChI=1S/C9H14N4O.C6H5NO/c1-6-8(7(2)14-13-6)5-12-4-3-9(10)11;8-5-6-3-1-2-4-7-6/h3-4,12H,5H2,1-2H3,(H3,10,11);1-5H/b4-3-;. The van der Waals surface area contributed by atoms with Gasteiger partial charge < -0.3 is 15.6 Å². The second kappa shape index (κ2) is 9.06. The SMILES string of the molecule is Cc1noc(C)c1CN/C=C\C(=N)N.O=Cc1ccccn1. The van der Waals surface area contributed by atoms with Gasteiger partial charge in [0.15, 0.2) is 6.29 Å². The Morgan fingerprint density at radius 2 is 2.23 bits per heavy atom. The van der Waals surface area contributed by atoms with E-state index in [0.29, 0.717) is 12.2 Å². The molecule has 0 aliphatic heterocycles. The molecule has 4 N–H and O–H groups in total. The average Bonchev–Trinajstić information content (AvgIpc) is 2.84. The molecule has 0 aliphatic carbocycles. The summed E-state index contributed by atoms with van der Waals surface area (Å²) in [5.74, 6) is 0.836. The van der Waals surface area contributed by atoms with Crippen molar-refractivity contribution in [2.75, 3.05) is 0 Å². The maximum Gasteiger partial charge on any atom is 0.168 e. The molecule has 7 nitrogen and oxygen atoms in total. The molecule has 116 valence electrons. The van der Waals surface area contributed by atoms with Crippen molar-refractivity contribution >= 4 is 12.1 Å². The molecule has 7 heteroatoms. The number of hydrogen-bond donors (Lipinski definition) is 3. The summed E-state index contributed by atoms with van der Waals surface area (Å²) in [5.41, 5.74) is 7.54. The molecule has 2 rings (SSSR count). The molecule has 0 aromatic carbocycles. The van der Waals surface area contributed by atoms with Gasteiger partial charge in [-0.05, 0) is 32.1 Å². The number of nitrogens with zero attached hydrogens (tertiary/aromatic N) is 2. The van der Waals surface area contributed by atoms with E-state index in [2.05, 4.69) is 15.5 Å². The van der Waals surface area contributed by atoms with Gasteiger partial charge in [0.05, 0.1) is 5.69 Å². The van der Waals surface area contributed by atoms with Crippen molar-refractivity contribution < 1.29 is 9.32 Å². The first-order valence-corrected chi connectivity index (χ1v) is 6.56. The quantitative estimate of drug-likeness (QED) is 0.439. The zero-order valence-corrected chi connectivity index (χ0v) is 12.5. The van der Waals surface area contributed by atoms with Crippen LogP contribution in [0.25, 0.3) is 0 Å². The van der Waals surface area contributed by atoms with Gasteiger partial charge in [0.25, 0.3) is 0 Å². The molecule has 2 aromatic heterocycles. The highest BCUT2D eigenvalue weighted by atomic mass is 16.5. The lowest BCUT2D eigenvalue weighted by atomic mass is 10.2. The Kier molecular flexibility index (Phi) is 7.04. The number of carbonyl (C=O) groups excluding carboxylic acids is 1. The van der Waals surface area contributed by atoms with Crippen LogP contribution >= 0.6 is 0 Å². The predicted octanol–water partition coefficient (Wildman–Crippen LogP) is 1.72. The van der Waals surface area contributed by atoms with Crippen LogP contribution in [0.2, 0.25) is 0 Å². The number of nitrogens with two attached hydrogens (primary N) is 1. The van der Waals surface area contributed by atoms with E-state index in [1.54, 1.807) is 30.6 Å². The normalized spacial score (nSPS) is 9.91. The third kappa shape index (κ3) is 6.00. The Morgan fingerprint density at radius 3 is 2.68 bits per heavy atom. The van der Waals surface area contributed by atoms with Crippen LogP contribution in [0, 0.1) is 19.3 Å². The van der Waals surface area contributed by atoms with Crippen LogP contribution in [0.5, 0.6) is 0 Å². The van der Waals surface area contributed by atoms with Crippen LogP contribution in [0.15, 0.2) is 41.2 Å². The van der Waals surface area contributed by atoms with Gasteiger partial charge in [0.1, 0.15) is 17.3 Å². The monoisotopic (exact) mass is 301 g/mol. The lowest BCUT2D eigenvalue weighted by molar-refractivity contribution is 0.111. The number of amidine groups is 1. The maximum atomic E-state index is 9.94. The summed E-state index contributed by atoms with van der Waals surface area (Å²) in [4.78, 5) is 13.7. The molecule has 0 spiro atoms. The van der Waals surface area contributed by atoms with Gasteiger partial charge in [0.2, 0.25) is 0 Å². The number of hydrogen-bond acceptors (Lipinski definition) is 6. The Morgan fingerprint density at radius 1 is 1.45 bits per heavy atom. The van der Waals surface area contributed by atoms with Gasteiger partial charge in [-0.1, -0.05) is 11.2 Å². The van der Waals surface area contributed by atoms with Crippen LogP contribution in [0.4, 0.5) is 0 Å². The number of pyridine rings is 1. The smallest absolute Gasteiger partial charge is 0.168 e. The van der Waals surface area contributed by atoms with Gasteiger partial charge >= 0.3 is 0 Å². The molecule has 0 radical (unpaired) electrons. The zero-order chi connectivity index (χ0) is 16.4. The Hall–Kier alpha value is -2.96. The highest BCUT2D eigenvalue weighted by molar-refractivity contribution is 5.88. The summed E-state index contributed by atoms with van der Waals surface area (Å²) in [6, 6.07) is 5.21. The van der Waals surface area contributed by atoms with E-state index < -0.39 is 0 Å². The minimum Gasteiger partial charge on any atom is -0.387 e. The molecule has 2 heterocycles. The minimum atomic E-state index is 0.0243. The number of aldehydes is 1. The number of aromatic nitrogens is 2. The van der Waals surface area contributed by atoms with Crippen molar-refractivity contribution in [3.63, 3.8) is 0 Å². The third-order valence-electron chi connectivity index (χ3n) is 2.65. The zero-order valence-electron chi connectivity index (χ0n) is 12.5. The van der Waals surface area contributed by atoms with Crippen molar-refractivity contribution in [2.24, 2.45) is 5.73 Å². The van der Waals surface area contributed by atoms with E-state index in [1.165, 1.54) is 6.08 Å². The fraction of sp³-hybridized carbons (Fsp3) is 0.200. The van der Waals surface area contributed by atoms with Crippen molar-refractivity contribution in [3.8, 4) is 0 Å². The lowest BCUT2D eigenvalue weighted by Gasteiger charge is -1.98. The fourth-order valence-electron chi connectivity index (χ4n) is 1.51. The molecule has 22 heavy (non-hydrogen) atoms. The molecule has 0 saturated carbocycles. The second-order valence-corrected chi connectivity index (χ2v) is 4.34. The summed E-state index contributed by atoms with van der Waals surface area (Å²) >= 11 is 0. The van der Waals surface area contributed by atoms with Crippen molar-refractivity contribution in [1.82, 2.24) is 15.5 Å². The van der Waals surface area contributed by atoms with Crippen LogP contribution < -0.4 is 11.1 Å². The van der Waals surface area contributed by atoms with Crippen LogP contribution in [0.3, 0.4) is 0 Å². The number of carbonyl (C=O) groups is 1. The maximum absolute atomic E-state index is 9.94. The largest absolute Gasteiger partial charge is 0.387 e. The van der Waals surface area contributed by atoms with E-state index in [9.17, 15) is 4.79 Å². The summed E-state index contributed by atoms with van der Waals surface area (Å²) in [6.45, 7) is 4.39. The first-order valence-electron chi connectivity index (χ1n) is 6.56. The molecule has 0 saturated heterocycles. The molecule has 0 atom stereocenters. The topological polar surface area (TPSA) is 118 Å². The Bertz CT molecular complexity index is 615. The molecule has 0 aliphatic rings. The van der Waals surface area contributed by atoms with E-state index in [-0.39, 0.29) is 5.84 Å². The molecule has 2 aromatic rings. The molecule has 0 fully saturated rings. The Balaban J connectivity index is 0.000000255. The highest BCUT2D eigenvalue weighted by Gasteiger charge is 2.06. The predicted molar refractivity (Wildman–Crippen MR) is 83.5 cm³/mol. The first-order chi connectivity index (χ1) is 10.5. The highest BCUT2D eigenvalue weighted by Crippen LogP contribution is 2.11. The van der Waals surface area contributed by atoms with Crippen molar-refractivity contribution in [2.45, 2.75) is 20.4 Å². The molecular weight excluding hydrogens is 282 g/mol. The van der Waals surface area contributed by atoms with Crippen LogP contribution in [-0.2, 0) is 6.54 Å². The van der Waals surface area contributed by atoms with Crippen molar-refractivity contribution in [1.29, 1.82) is 5.41 Å². The van der Waals surface area contributed by atoms with Gasteiger partial charge in [-0.3, -0.25) is 15.2 Å². The summed E-state index contributed by atoms with van der Waals surface area (Å²) in [7, 11) is 0. The van der Waals surface area contributed by atoms with E-state index >= 15 is 0 Å². The number of nitrogens with one attached hydrogen (secondary N) is 2. The Labute approximate surface area is 128 Å².